The lowest BCUT2D eigenvalue weighted by molar-refractivity contribution is -0.135. The van der Waals surface area contributed by atoms with E-state index in [0.29, 0.717) is 22.3 Å². The van der Waals surface area contributed by atoms with E-state index in [9.17, 15) is 14.7 Å². The normalized spacial score (nSPS) is 10.4. The van der Waals surface area contributed by atoms with Crippen LogP contribution in [-0.2, 0) is 4.79 Å². The number of rotatable bonds is 6. The number of amides is 1. The van der Waals surface area contributed by atoms with Crippen molar-refractivity contribution in [2.45, 2.75) is 0 Å². The van der Waals surface area contributed by atoms with Gasteiger partial charge in [-0.15, -0.1) is 0 Å². The molecule has 27 heavy (non-hydrogen) atoms. The Balaban J connectivity index is 2.01. The van der Waals surface area contributed by atoms with Crippen molar-refractivity contribution in [1.29, 1.82) is 0 Å². The number of carboxylic acids is 1. The molecule has 3 N–H and O–H groups in total. The average molecular weight is 368 g/mol. The largest absolute Gasteiger partial charge is 0.505 e. The van der Waals surface area contributed by atoms with E-state index in [2.05, 4.69) is 10.3 Å². The van der Waals surface area contributed by atoms with Crippen LogP contribution in [0.5, 0.6) is 23.1 Å². The second-order valence-electron chi connectivity index (χ2n) is 5.52. The lowest BCUT2D eigenvalue weighted by atomic mass is 10.1. The lowest BCUT2D eigenvalue weighted by Crippen LogP contribution is -2.30. The molecule has 0 radical (unpaired) electrons. The molecule has 0 aliphatic heterocycles. The van der Waals surface area contributed by atoms with Gasteiger partial charge in [-0.3, -0.25) is 9.59 Å². The standard InChI is InChI=1S/C19H16N2O6/c1-26-19-14-9-12(27-11-5-3-2-4-6-11)7-8-13(14)17(24)16(21-19)18(25)20-10-15(22)23/h2-9,24H,10H2,1H3,(H,20,25)(H,22,23). The molecular formula is C19H16N2O6. The summed E-state index contributed by atoms with van der Waals surface area (Å²) in [7, 11) is 1.38. The van der Waals surface area contributed by atoms with Gasteiger partial charge in [0, 0.05) is 5.39 Å². The zero-order valence-electron chi connectivity index (χ0n) is 14.3. The number of benzene rings is 2. The van der Waals surface area contributed by atoms with Gasteiger partial charge >= 0.3 is 5.97 Å². The summed E-state index contributed by atoms with van der Waals surface area (Å²) in [6, 6.07) is 14.0. The molecule has 0 aliphatic carbocycles. The Labute approximate surface area is 154 Å². The monoisotopic (exact) mass is 368 g/mol. The molecule has 0 aliphatic rings. The van der Waals surface area contributed by atoms with Crippen LogP contribution in [0.1, 0.15) is 10.5 Å². The van der Waals surface area contributed by atoms with Crippen molar-refractivity contribution in [3.8, 4) is 23.1 Å². The zero-order valence-corrected chi connectivity index (χ0v) is 14.3. The van der Waals surface area contributed by atoms with Crippen molar-refractivity contribution < 1.29 is 29.3 Å². The molecule has 3 rings (SSSR count). The van der Waals surface area contributed by atoms with Gasteiger partial charge in [-0.2, -0.15) is 0 Å². The van der Waals surface area contributed by atoms with E-state index in [1.54, 1.807) is 30.3 Å². The highest BCUT2D eigenvalue weighted by Gasteiger charge is 2.20. The predicted octanol–water partition coefficient (Wildman–Crippen LogP) is 2.56. The SMILES string of the molecule is COc1nc(C(=O)NCC(=O)O)c(O)c2ccc(Oc3ccccc3)cc12. The lowest BCUT2D eigenvalue weighted by Gasteiger charge is -2.12. The first kappa shape index (κ1) is 18.0. The van der Waals surface area contributed by atoms with Gasteiger partial charge in [0.2, 0.25) is 5.88 Å². The Bertz CT molecular complexity index is 1000. The van der Waals surface area contributed by atoms with Gasteiger partial charge in [-0.1, -0.05) is 18.2 Å². The Hall–Kier alpha value is -3.81. The molecular weight excluding hydrogens is 352 g/mol. The minimum Gasteiger partial charge on any atom is -0.505 e. The third kappa shape index (κ3) is 3.90. The summed E-state index contributed by atoms with van der Waals surface area (Å²) in [5.41, 5.74) is -0.322. The van der Waals surface area contributed by atoms with E-state index >= 15 is 0 Å². The van der Waals surface area contributed by atoms with Crippen LogP contribution in [0.4, 0.5) is 0 Å². The van der Waals surface area contributed by atoms with E-state index in [-0.39, 0.29) is 17.3 Å². The number of carboxylic acid groups (broad SMARTS) is 1. The molecule has 0 spiro atoms. The number of aromatic hydroxyl groups is 1. The summed E-state index contributed by atoms with van der Waals surface area (Å²) in [5.74, 6) is -1.17. The van der Waals surface area contributed by atoms with Crippen molar-refractivity contribution in [3.05, 3.63) is 54.2 Å². The Kier molecular flexibility index (Phi) is 5.07. The first-order chi connectivity index (χ1) is 13.0. The van der Waals surface area contributed by atoms with Crippen molar-refractivity contribution in [3.63, 3.8) is 0 Å². The molecule has 0 saturated carbocycles. The van der Waals surface area contributed by atoms with E-state index in [4.69, 9.17) is 14.6 Å². The number of aliphatic carboxylic acids is 1. The molecule has 1 aromatic heterocycles. The van der Waals surface area contributed by atoms with Gasteiger partial charge in [0.05, 0.1) is 12.5 Å². The number of pyridine rings is 1. The highest BCUT2D eigenvalue weighted by Crippen LogP contribution is 2.36. The highest BCUT2D eigenvalue weighted by atomic mass is 16.5. The Morgan fingerprint density at radius 2 is 1.81 bits per heavy atom. The number of ether oxygens (including phenoxy) is 2. The van der Waals surface area contributed by atoms with E-state index in [0.717, 1.165) is 0 Å². The third-order valence-electron chi connectivity index (χ3n) is 3.70. The van der Waals surface area contributed by atoms with Crippen LogP contribution < -0.4 is 14.8 Å². The maximum Gasteiger partial charge on any atom is 0.322 e. The first-order valence-corrected chi connectivity index (χ1v) is 7.93. The fraction of sp³-hybridized carbons (Fsp3) is 0.105. The summed E-state index contributed by atoms with van der Waals surface area (Å²) in [6.45, 7) is -0.593. The van der Waals surface area contributed by atoms with Crippen molar-refractivity contribution in [2.75, 3.05) is 13.7 Å². The number of para-hydroxylation sites is 1. The fourth-order valence-electron chi connectivity index (χ4n) is 2.49. The second-order valence-corrected chi connectivity index (χ2v) is 5.52. The number of nitrogens with zero attached hydrogens (tertiary/aromatic N) is 1. The average Bonchev–Trinajstić information content (AvgIpc) is 2.67. The molecule has 1 amide bonds. The van der Waals surface area contributed by atoms with Crippen LogP contribution in [0.3, 0.4) is 0 Å². The minimum atomic E-state index is -1.21. The number of hydrogen-bond acceptors (Lipinski definition) is 6. The maximum atomic E-state index is 12.1. The number of aromatic nitrogens is 1. The summed E-state index contributed by atoms with van der Waals surface area (Å²) in [6.07, 6.45) is 0. The molecule has 0 atom stereocenters. The van der Waals surface area contributed by atoms with Gasteiger partial charge in [-0.25, -0.2) is 4.98 Å². The summed E-state index contributed by atoms with van der Waals surface area (Å²) < 4.78 is 11.0. The van der Waals surface area contributed by atoms with Crippen LogP contribution >= 0.6 is 0 Å². The maximum absolute atomic E-state index is 12.1. The van der Waals surface area contributed by atoms with E-state index in [1.165, 1.54) is 7.11 Å². The van der Waals surface area contributed by atoms with Crippen molar-refractivity contribution >= 4 is 22.6 Å². The van der Waals surface area contributed by atoms with Crippen LogP contribution in [0.2, 0.25) is 0 Å². The van der Waals surface area contributed by atoms with E-state index < -0.39 is 18.4 Å². The quantitative estimate of drug-likeness (QED) is 0.612. The number of fused-ring (bicyclic) bond motifs is 1. The van der Waals surface area contributed by atoms with Crippen LogP contribution in [0.25, 0.3) is 10.8 Å². The predicted molar refractivity (Wildman–Crippen MR) is 96.4 cm³/mol. The number of hydrogen-bond donors (Lipinski definition) is 3. The van der Waals surface area contributed by atoms with Crippen molar-refractivity contribution in [1.82, 2.24) is 10.3 Å². The molecule has 8 nitrogen and oxygen atoms in total. The number of carbonyl (C=O) groups excluding carboxylic acids is 1. The molecule has 0 bridgehead atoms. The summed E-state index contributed by atoms with van der Waals surface area (Å²) in [5, 5.41) is 22.0. The number of methoxy groups -OCH3 is 1. The van der Waals surface area contributed by atoms with E-state index in [1.807, 2.05) is 18.2 Å². The minimum absolute atomic E-state index is 0.0989. The number of carbonyl (C=O) groups is 2. The van der Waals surface area contributed by atoms with Crippen LogP contribution in [0.15, 0.2) is 48.5 Å². The molecule has 0 fully saturated rings. The number of nitrogens with one attached hydrogen (secondary N) is 1. The molecule has 3 aromatic rings. The Morgan fingerprint density at radius 3 is 2.48 bits per heavy atom. The van der Waals surface area contributed by atoms with Gasteiger partial charge in [-0.05, 0) is 30.3 Å². The van der Waals surface area contributed by atoms with Gasteiger partial charge in [0.1, 0.15) is 18.0 Å². The van der Waals surface area contributed by atoms with Crippen LogP contribution in [-0.4, -0.2) is 40.7 Å². The van der Waals surface area contributed by atoms with Crippen molar-refractivity contribution in [2.24, 2.45) is 0 Å². The molecule has 138 valence electrons. The van der Waals surface area contributed by atoms with Crippen LogP contribution in [0, 0.1) is 0 Å². The molecule has 0 saturated heterocycles. The molecule has 0 unspecified atom stereocenters. The van der Waals surface area contributed by atoms with Gasteiger partial charge < -0.3 is 25.0 Å². The second kappa shape index (κ2) is 7.61. The summed E-state index contributed by atoms with van der Waals surface area (Å²) >= 11 is 0. The fourth-order valence-corrected chi connectivity index (χ4v) is 2.49. The smallest absolute Gasteiger partial charge is 0.322 e. The molecule has 1 heterocycles. The highest BCUT2D eigenvalue weighted by molar-refractivity contribution is 6.04. The van der Waals surface area contributed by atoms with Gasteiger partial charge in [0.15, 0.2) is 11.4 Å². The molecule has 2 aromatic carbocycles. The van der Waals surface area contributed by atoms with Gasteiger partial charge in [0.25, 0.3) is 5.91 Å². The Morgan fingerprint density at radius 1 is 1.07 bits per heavy atom. The zero-order chi connectivity index (χ0) is 19.4. The topological polar surface area (TPSA) is 118 Å². The first-order valence-electron chi connectivity index (χ1n) is 7.93. The summed E-state index contributed by atoms with van der Waals surface area (Å²) in [4.78, 5) is 26.7. The molecule has 8 heteroatoms. The third-order valence-corrected chi connectivity index (χ3v) is 3.70.